The normalized spacial score (nSPS) is 29.3. The van der Waals surface area contributed by atoms with Gasteiger partial charge in [-0.25, -0.2) is 0 Å². The molecule has 0 heterocycles. The summed E-state index contributed by atoms with van der Waals surface area (Å²) in [6.07, 6.45) is 18.7. The fraction of sp³-hybridized carbons (Fsp3) is 0.860. The number of allylic oxidation sites excluding steroid dienone is 3. The summed E-state index contributed by atoms with van der Waals surface area (Å²) < 4.78 is 21.5. The SMILES string of the molecule is CC[C@@H](C)C1CCC2/C(=C/C=C3C[C@@H](O[Si](C)(C)C(C)(C)C)C(=CCCO[Si](C)(C)C(C)(C)C)[C@H](O[Si](C)(C)C(C)(C)C)C3)CCC[C@@]21C. The smallest absolute Gasteiger partial charge is 0.192 e. The van der Waals surface area contributed by atoms with Gasteiger partial charge >= 0.3 is 0 Å². The quantitative estimate of drug-likeness (QED) is 0.120. The van der Waals surface area contributed by atoms with Crippen LogP contribution < -0.4 is 0 Å². The molecule has 0 bridgehead atoms. The molecule has 0 spiro atoms. The van der Waals surface area contributed by atoms with E-state index in [-0.39, 0.29) is 27.3 Å². The van der Waals surface area contributed by atoms with Gasteiger partial charge in [0, 0.05) is 6.61 Å². The van der Waals surface area contributed by atoms with Gasteiger partial charge in [0.15, 0.2) is 25.0 Å². The van der Waals surface area contributed by atoms with E-state index >= 15 is 0 Å². The van der Waals surface area contributed by atoms with E-state index in [0.717, 1.165) is 43.6 Å². The molecule has 3 aliphatic carbocycles. The maximum Gasteiger partial charge on any atom is 0.192 e. The molecule has 3 nitrogen and oxygen atoms in total. The molecule has 0 aromatic rings. The minimum Gasteiger partial charge on any atom is -0.417 e. The van der Waals surface area contributed by atoms with Gasteiger partial charge < -0.3 is 13.3 Å². The van der Waals surface area contributed by atoms with Crippen LogP contribution in [0.2, 0.25) is 54.4 Å². The maximum absolute atomic E-state index is 7.41. The molecule has 3 fully saturated rings. The first-order valence-corrected chi connectivity index (χ1v) is 29.0. The summed E-state index contributed by atoms with van der Waals surface area (Å²) in [6, 6.07) is 0. The fourth-order valence-corrected chi connectivity index (χ4v) is 11.8. The standard InChI is InChI=1S/C43H82O3Si3/c1-19-32(2)36-26-27-37-34(22-20-28-43(36,37)12)25-24-33-30-38(45-48(15,16)41(6,7)8)35(23-21-29-44-47(13,14)40(3,4)5)39(31-33)46-49(17,18)42(9,10)11/h23-25,32,36-39H,19-22,26-31H2,1-18H3/b33-24?,34-25+,35-23?/t32-,36?,37?,38-,39-,43-/m1/s1. The molecule has 0 aromatic carbocycles. The van der Waals surface area contributed by atoms with Crippen molar-refractivity contribution < 1.29 is 13.3 Å². The van der Waals surface area contributed by atoms with Crippen LogP contribution in [-0.2, 0) is 13.3 Å². The lowest BCUT2D eigenvalue weighted by atomic mass is 9.61. The van der Waals surface area contributed by atoms with Gasteiger partial charge in [-0.3, -0.25) is 0 Å². The first kappa shape index (κ1) is 43.2. The molecule has 0 saturated heterocycles. The topological polar surface area (TPSA) is 27.7 Å². The minimum absolute atomic E-state index is 0.0554. The third-order valence-corrected chi connectivity index (χ3v) is 28.3. The monoisotopic (exact) mass is 731 g/mol. The molecule has 284 valence electrons. The van der Waals surface area contributed by atoms with Crippen LogP contribution >= 0.6 is 0 Å². The van der Waals surface area contributed by atoms with Crippen LogP contribution in [0.1, 0.15) is 141 Å². The van der Waals surface area contributed by atoms with Crippen LogP contribution in [0.15, 0.2) is 34.9 Å². The van der Waals surface area contributed by atoms with E-state index in [4.69, 9.17) is 13.3 Å². The van der Waals surface area contributed by atoms with Crippen molar-refractivity contribution in [3.63, 3.8) is 0 Å². The second kappa shape index (κ2) is 15.6. The van der Waals surface area contributed by atoms with Crippen molar-refractivity contribution in [1.82, 2.24) is 0 Å². The third kappa shape index (κ3) is 10.0. The van der Waals surface area contributed by atoms with Crippen molar-refractivity contribution in [3.8, 4) is 0 Å². The first-order chi connectivity index (χ1) is 22.2. The highest BCUT2D eigenvalue weighted by atomic mass is 28.4. The molecule has 0 radical (unpaired) electrons. The summed E-state index contributed by atoms with van der Waals surface area (Å²) in [4.78, 5) is 0. The zero-order valence-corrected chi connectivity index (χ0v) is 38.9. The zero-order valence-electron chi connectivity index (χ0n) is 35.9. The van der Waals surface area contributed by atoms with Gasteiger partial charge in [0.1, 0.15) is 0 Å². The van der Waals surface area contributed by atoms with Crippen molar-refractivity contribution in [2.24, 2.45) is 23.2 Å². The highest BCUT2D eigenvalue weighted by molar-refractivity contribution is 6.75. The summed E-state index contributed by atoms with van der Waals surface area (Å²) >= 11 is 0. The Morgan fingerprint density at radius 1 is 0.776 bits per heavy atom. The van der Waals surface area contributed by atoms with Crippen molar-refractivity contribution in [2.45, 2.75) is 207 Å². The molecule has 3 saturated carbocycles. The predicted octanol–water partition coefficient (Wildman–Crippen LogP) is 14.0. The Kier molecular flexibility index (Phi) is 13.8. The van der Waals surface area contributed by atoms with Crippen molar-refractivity contribution in [2.75, 3.05) is 6.61 Å². The highest BCUT2D eigenvalue weighted by Crippen LogP contribution is 2.60. The molecule has 3 aliphatic rings. The molecule has 6 atom stereocenters. The van der Waals surface area contributed by atoms with E-state index in [0.29, 0.717) is 5.41 Å². The van der Waals surface area contributed by atoms with Crippen molar-refractivity contribution >= 4 is 25.0 Å². The van der Waals surface area contributed by atoms with Gasteiger partial charge in [-0.15, -0.1) is 0 Å². The molecule has 3 rings (SSSR count). The molecule has 0 aliphatic heterocycles. The largest absolute Gasteiger partial charge is 0.417 e. The van der Waals surface area contributed by atoms with Gasteiger partial charge in [0.25, 0.3) is 0 Å². The lowest BCUT2D eigenvalue weighted by Crippen LogP contribution is -2.50. The lowest BCUT2D eigenvalue weighted by Gasteiger charge is -2.46. The van der Waals surface area contributed by atoms with Gasteiger partial charge in [-0.1, -0.05) is 119 Å². The first-order valence-electron chi connectivity index (χ1n) is 20.2. The van der Waals surface area contributed by atoms with Gasteiger partial charge in [-0.2, -0.15) is 0 Å². The van der Waals surface area contributed by atoms with Crippen molar-refractivity contribution in [3.05, 3.63) is 34.9 Å². The Hall–Kier alpha value is -0.249. The van der Waals surface area contributed by atoms with E-state index in [9.17, 15) is 0 Å². The number of hydrogen-bond acceptors (Lipinski definition) is 3. The summed E-state index contributed by atoms with van der Waals surface area (Å²) in [6.45, 7) is 44.0. The van der Waals surface area contributed by atoms with Gasteiger partial charge in [0.05, 0.1) is 12.2 Å². The molecular formula is C43H82O3Si3. The Labute approximate surface area is 309 Å². The minimum atomic E-state index is -2.05. The summed E-state index contributed by atoms with van der Waals surface area (Å²) in [5.74, 6) is 2.44. The second-order valence-corrected chi connectivity index (χ2v) is 35.6. The second-order valence-electron chi connectivity index (χ2n) is 21.3. The zero-order chi connectivity index (χ0) is 37.4. The van der Waals surface area contributed by atoms with Crippen molar-refractivity contribution in [1.29, 1.82) is 0 Å². The molecule has 0 N–H and O–H groups in total. The van der Waals surface area contributed by atoms with Gasteiger partial charge in [-0.05, 0) is 135 Å². The number of fused-ring (bicyclic) bond motifs is 1. The Morgan fingerprint density at radius 2 is 1.29 bits per heavy atom. The predicted molar refractivity (Wildman–Crippen MR) is 223 cm³/mol. The van der Waals surface area contributed by atoms with Gasteiger partial charge in [0.2, 0.25) is 0 Å². The maximum atomic E-state index is 7.41. The molecule has 0 aromatic heterocycles. The summed E-state index contributed by atoms with van der Waals surface area (Å²) in [5, 5.41) is 0.498. The average molecular weight is 731 g/mol. The van der Waals surface area contributed by atoms with Crippen LogP contribution in [0.3, 0.4) is 0 Å². The van der Waals surface area contributed by atoms with Crippen LogP contribution in [0.5, 0.6) is 0 Å². The van der Waals surface area contributed by atoms with Crippen LogP contribution in [0.4, 0.5) is 0 Å². The molecule has 49 heavy (non-hydrogen) atoms. The molecule has 0 amide bonds. The van der Waals surface area contributed by atoms with E-state index in [1.165, 1.54) is 49.7 Å². The highest BCUT2D eigenvalue weighted by Gasteiger charge is 2.50. The number of hydrogen-bond donors (Lipinski definition) is 0. The van der Waals surface area contributed by atoms with Crippen LogP contribution in [0.25, 0.3) is 0 Å². The van der Waals surface area contributed by atoms with Crippen LogP contribution in [-0.4, -0.2) is 43.8 Å². The Balaban J connectivity index is 2.03. The molecule has 2 unspecified atom stereocenters. The summed E-state index contributed by atoms with van der Waals surface area (Å²) in [7, 11) is -5.91. The fourth-order valence-electron chi connectivity index (χ4n) is 8.17. The van der Waals surface area contributed by atoms with E-state index < -0.39 is 25.0 Å². The molecule has 6 heteroatoms. The summed E-state index contributed by atoms with van der Waals surface area (Å²) in [5.41, 5.74) is 5.09. The number of rotatable bonds is 11. The van der Waals surface area contributed by atoms with E-state index in [2.05, 4.69) is 141 Å². The lowest BCUT2D eigenvalue weighted by molar-refractivity contribution is 0.0961. The van der Waals surface area contributed by atoms with Crippen LogP contribution in [0, 0.1) is 23.2 Å². The molecular weight excluding hydrogens is 649 g/mol. The van der Waals surface area contributed by atoms with E-state index in [1.807, 2.05) is 0 Å². The Bertz CT molecular complexity index is 1160. The Morgan fingerprint density at radius 3 is 1.76 bits per heavy atom. The third-order valence-electron chi connectivity index (χ3n) is 14.8. The average Bonchev–Trinajstić information content (AvgIpc) is 3.30. The van der Waals surface area contributed by atoms with E-state index in [1.54, 1.807) is 5.57 Å².